The highest BCUT2D eigenvalue weighted by Crippen LogP contribution is 2.19. The van der Waals surface area contributed by atoms with Crippen molar-refractivity contribution in [2.24, 2.45) is 0 Å². The van der Waals surface area contributed by atoms with Crippen LogP contribution in [0.15, 0.2) is 0 Å². The van der Waals surface area contributed by atoms with E-state index in [4.69, 9.17) is 5.11 Å². The molecule has 1 aliphatic heterocycles. The van der Waals surface area contributed by atoms with E-state index >= 15 is 0 Å². The first-order chi connectivity index (χ1) is 7.61. The number of amides is 2. The topological polar surface area (TPSA) is 74.7 Å². The van der Waals surface area contributed by atoms with Crippen molar-refractivity contribution >= 4 is 28.9 Å². The van der Waals surface area contributed by atoms with E-state index in [1.807, 2.05) is 0 Å². The largest absolute Gasteiger partial charge is 0.481 e. The zero-order valence-corrected chi connectivity index (χ0v) is 9.79. The average molecular weight is 245 g/mol. The van der Waals surface area contributed by atoms with E-state index in [9.17, 15) is 14.4 Å². The maximum Gasteiger partial charge on any atom is 0.303 e. The van der Waals surface area contributed by atoms with Crippen LogP contribution >= 0.6 is 11.8 Å². The highest BCUT2D eigenvalue weighted by molar-refractivity contribution is 8.14. The molecular weight excluding hydrogens is 230 g/mol. The molecule has 0 unspecified atom stereocenters. The van der Waals surface area contributed by atoms with E-state index in [1.54, 1.807) is 0 Å². The zero-order chi connectivity index (χ0) is 12.0. The molecule has 0 radical (unpaired) electrons. The zero-order valence-electron chi connectivity index (χ0n) is 8.98. The molecule has 1 aliphatic rings. The number of hydrogen-bond donors (Lipinski definition) is 1. The monoisotopic (exact) mass is 245 g/mol. The van der Waals surface area contributed by atoms with E-state index in [0.29, 0.717) is 13.0 Å². The molecule has 0 aromatic heterocycles. The highest BCUT2D eigenvalue weighted by Gasteiger charge is 2.28. The van der Waals surface area contributed by atoms with Crippen molar-refractivity contribution in [3.05, 3.63) is 0 Å². The van der Waals surface area contributed by atoms with Gasteiger partial charge in [0, 0.05) is 13.0 Å². The van der Waals surface area contributed by atoms with Crippen LogP contribution in [-0.2, 0) is 9.59 Å². The van der Waals surface area contributed by atoms with Crippen molar-refractivity contribution in [3.8, 4) is 0 Å². The molecule has 0 atom stereocenters. The number of carboxylic acids is 1. The number of unbranched alkanes of at least 4 members (excludes halogenated alkanes) is 3. The Labute approximate surface area is 98.2 Å². The van der Waals surface area contributed by atoms with Crippen molar-refractivity contribution < 1.29 is 19.5 Å². The molecule has 16 heavy (non-hydrogen) atoms. The van der Waals surface area contributed by atoms with Crippen LogP contribution in [0.3, 0.4) is 0 Å². The lowest BCUT2D eigenvalue weighted by molar-refractivity contribution is -0.137. The number of carbonyl (C=O) groups is 3. The Kier molecular flexibility index (Phi) is 5.31. The SMILES string of the molecule is O=C(O)CCCCCCN1C(=O)CSC1=O. The van der Waals surface area contributed by atoms with Crippen LogP contribution in [0.5, 0.6) is 0 Å². The third-order valence-electron chi connectivity index (χ3n) is 2.36. The molecule has 90 valence electrons. The van der Waals surface area contributed by atoms with E-state index in [0.717, 1.165) is 31.0 Å². The van der Waals surface area contributed by atoms with Gasteiger partial charge in [0.2, 0.25) is 5.91 Å². The van der Waals surface area contributed by atoms with Crippen molar-refractivity contribution in [2.45, 2.75) is 32.1 Å². The summed E-state index contributed by atoms with van der Waals surface area (Å²) in [6, 6.07) is 0. The van der Waals surface area contributed by atoms with Crippen molar-refractivity contribution in [1.29, 1.82) is 0 Å². The second-order valence-corrected chi connectivity index (χ2v) is 4.58. The van der Waals surface area contributed by atoms with E-state index < -0.39 is 5.97 Å². The summed E-state index contributed by atoms with van der Waals surface area (Å²) < 4.78 is 0. The molecule has 0 saturated carbocycles. The lowest BCUT2D eigenvalue weighted by Crippen LogP contribution is -2.29. The number of imide groups is 1. The second kappa shape index (κ2) is 6.52. The predicted molar refractivity (Wildman–Crippen MR) is 60.3 cm³/mol. The van der Waals surface area contributed by atoms with Gasteiger partial charge in [-0.15, -0.1) is 0 Å². The fraction of sp³-hybridized carbons (Fsp3) is 0.700. The molecule has 2 amide bonds. The third-order valence-corrected chi connectivity index (χ3v) is 3.22. The number of carboxylic acid groups (broad SMARTS) is 1. The van der Waals surface area contributed by atoms with Gasteiger partial charge in [-0.05, 0) is 12.8 Å². The highest BCUT2D eigenvalue weighted by atomic mass is 32.2. The first-order valence-corrected chi connectivity index (χ1v) is 6.28. The maximum atomic E-state index is 11.2. The molecule has 0 aliphatic carbocycles. The quantitative estimate of drug-likeness (QED) is 0.691. The molecular formula is C10H15NO4S. The van der Waals surface area contributed by atoms with Crippen LogP contribution in [0.2, 0.25) is 0 Å². The van der Waals surface area contributed by atoms with Crippen LogP contribution < -0.4 is 0 Å². The molecule has 1 N–H and O–H groups in total. The third kappa shape index (κ3) is 4.22. The smallest absolute Gasteiger partial charge is 0.303 e. The van der Waals surface area contributed by atoms with Crippen LogP contribution in [-0.4, -0.2) is 39.4 Å². The fourth-order valence-electron chi connectivity index (χ4n) is 1.50. The van der Waals surface area contributed by atoms with Gasteiger partial charge in [-0.2, -0.15) is 0 Å². The maximum absolute atomic E-state index is 11.2. The number of aliphatic carboxylic acids is 1. The Hall–Kier alpha value is -1.04. The van der Waals surface area contributed by atoms with Crippen LogP contribution in [0.4, 0.5) is 4.79 Å². The molecule has 1 heterocycles. The summed E-state index contributed by atoms with van der Waals surface area (Å²) in [5.74, 6) is -0.625. The number of hydrogen-bond acceptors (Lipinski definition) is 4. The fourth-order valence-corrected chi connectivity index (χ4v) is 2.25. The molecule has 0 bridgehead atoms. The summed E-state index contributed by atoms with van der Waals surface area (Å²) in [5.41, 5.74) is 0. The van der Waals surface area contributed by atoms with Gasteiger partial charge in [-0.3, -0.25) is 19.3 Å². The van der Waals surface area contributed by atoms with Gasteiger partial charge in [0.25, 0.3) is 5.24 Å². The van der Waals surface area contributed by atoms with Crippen molar-refractivity contribution in [3.63, 3.8) is 0 Å². The summed E-state index contributed by atoms with van der Waals surface area (Å²) in [5, 5.41) is 8.25. The summed E-state index contributed by atoms with van der Waals surface area (Å²) in [7, 11) is 0. The minimum Gasteiger partial charge on any atom is -0.481 e. The summed E-state index contributed by atoms with van der Waals surface area (Å²) in [4.78, 5) is 33.9. The van der Waals surface area contributed by atoms with E-state index in [1.165, 1.54) is 4.90 Å². The molecule has 0 spiro atoms. The normalized spacial score (nSPS) is 15.9. The molecule has 1 fully saturated rings. The lowest BCUT2D eigenvalue weighted by Gasteiger charge is -2.11. The Morgan fingerprint density at radius 3 is 2.50 bits per heavy atom. The average Bonchev–Trinajstić information content (AvgIpc) is 2.53. The van der Waals surface area contributed by atoms with Gasteiger partial charge in [-0.25, -0.2) is 0 Å². The van der Waals surface area contributed by atoms with Gasteiger partial charge in [0.05, 0.1) is 5.75 Å². The molecule has 6 heteroatoms. The van der Waals surface area contributed by atoms with Gasteiger partial charge in [0.15, 0.2) is 0 Å². The Bertz CT molecular complexity index is 277. The van der Waals surface area contributed by atoms with Gasteiger partial charge in [0.1, 0.15) is 0 Å². The van der Waals surface area contributed by atoms with Crippen LogP contribution in [0.25, 0.3) is 0 Å². The van der Waals surface area contributed by atoms with E-state index in [2.05, 4.69) is 0 Å². The number of carbonyl (C=O) groups excluding carboxylic acids is 2. The summed E-state index contributed by atoms with van der Waals surface area (Å²) in [6.45, 7) is 0.470. The Balaban J connectivity index is 2.05. The molecule has 1 rings (SSSR count). The minimum absolute atomic E-state index is 0.111. The van der Waals surface area contributed by atoms with Crippen molar-refractivity contribution in [1.82, 2.24) is 4.90 Å². The Morgan fingerprint density at radius 1 is 1.25 bits per heavy atom. The standard InChI is InChI=1S/C10H15NO4S/c12-8-7-16-10(15)11(8)6-4-2-1-3-5-9(13)14/h1-7H2,(H,13,14). The van der Waals surface area contributed by atoms with Crippen LogP contribution in [0.1, 0.15) is 32.1 Å². The second-order valence-electron chi connectivity index (χ2n) is 3.66. The molecule has 1 saturated heterocycles. The van der Waals surface area contributed by atoms with E-state index in [-0.39, 0.29) is 23.3 Å². The van der Waals surface area contributed by atoms with Gasteiger partial charge >= 0.3 is 5.97 Å². The van der Waals surface area contributed by atoms with Crippen LogP contribution in [0, 0.1) is 0 Å². The summed E-state index contributed by atoms with van der Waals surface area (Å²) >= 11 is 1.05. The predicted octanol–water partition coefficient (Wildman–Crippen LogP) is 1.72. The molecule has 0 aromatic rings. The molecule has 5 nitrogen and oxygen atoms in total. The number of rotatable bonds is 7. The minimum atomic E-state index is -0.777. The Morgan fingerprint density at radius 2 is 1.94 bits per heavy atom. The molecule has 0 aromatic carbocycles. The van der Waals surface area contributed by atoms with Gasteiger partial charge in [-0.1, -0.05) is 24.6 Å². The number of nitrogens with zero attached hydrogens (tertiary/aromatic N) is 1. The number of thioether (sulfide) groups is 1. The first-order valence-electron chi connectivity index (χ1n) is 5.30. The lowest BCUT2D eigenvalue weighted by atomic mass is 10.1. The van der Waals surface area contributed by atoms with Gasteiger partial charge < -0.3 is 5.11 Å². The first kappa shape index (κ1) is 13.0. The summed E-state index contributed by atoms with van der Waals surface area (Å²) in [6.07, 6.45) is 3.30. The van der Waals surface area contributed by atoms with Crippen molar-refractivity contribution in [2.75, 3.05) is 12.3 Å².